The lowest BCUT2D eigenvalue weighted by molar-refractivity contribution is 0.0450. The van der Waals surface area contributed by atoms with Gasteiger partial charge in [0.05, 0.1) is 6.10 Å². The molecule has 1 aromatic carbocycles. The molecule has 2 heterocycles. The maximum atomic E-state index is 12.9. The van der Waals surface area contributed by atoms with Gasteiger partial charge in [-0.3, -0.25) is 14.2 Å². The summed E-state index contributed by atoms with van der Waals surface area (Å²) in [6.07, 6.45) is 0.301. The Balaban J connectivity index is 1.80. The highest BCUT2D eigenvalue weighted by atomic mass is 19.1. The van der Waals surface area contributed by atoms with Crippen molar-refractivity contribution in [3.05, 3.63) is 57.5 Å². The summed E-state index contributed by atoms with van der Waals surface area (Å²) >= 11 is 0. The van der Waals surface area contributed by atoms with Crippen LogP contribution in [0.4, 0.5) is 4.39 Å². The van der Waals surface area contributed by atoms with Gasteiger partial charge >= 0.3 is 0 Å². The van der Waals surface area contributed by atoms with Gasteiger partial charge in [-0.1, -0.05) is 12.1 Å². The number of rotatable bonds is 4. The molecule has 0 bridgehead atoms. The molecule has 0 saturated heterocycles. The van der Waals surface area contributed by atoms with E-state index >= 15 is 0 Å². The van der Waals surface area contributed by atoms with Crippen LogP contribution in [0.15, 0.2) is 29.1 Å². The van der Waals surface area contributed by atoms with Gasteiger partial charge < -0.3 is 20.9 Å². The van der Waals surface area contributed by atoms with Crippen LogP contribution in [0.2, 0.25) is 0 Å². The number of halogens is 1. The first-order chi connectivity index (χ1) is 12.5. The van der Waals surface area contributed by atoms with Crippen LogP contribution in [0.5, 0.6) is 5.75 Å². The molecule has 2 aromatic rings. The maximum Gasteiger partial charge on any atom is 0.296 e. The smallest absolute Gasteiger partial charge is 0.296 e. The average molecular weight is 362 g/mol. The van der Waals surface area contributed by atoms with Crippen LogP contribution in [0.25, 0.3) is 0 Å². The highest BCUT2D eigenvalue weighted by Gasteiger charge is 2.24. The number of aromatic hydroxyl groups is 1. The second kappa shape index (κ2) is 7.63. The zero-order chi connectivity index (χ0) is 18.7. The van der Waals surface area contributed by atoms with E-state index in [9.17, 15) is 19.1 Å². The number of aromatic nitrogens is 2. The van der Waals surface area contributed by atoms with Crippen molar-refractivity contribution in [2.24, 2.45) is 5.73 Å². The summed E-state index contributed by atoms with van der Waals surface area (Å²) in [5.74, 6) is -1.53. The number of nitrogens with one attached hydrogen (secondary N) is 1. The van der Waals surface area contributed by atoms with Crippen molar-refractivity contribution in [3.63, 3.8) is 0 Å². The van der Waals surface area contributed by atoms with Crippen LogP contribution in [-0.2, 0) is 24.4 Å². The quantitative estimate of drug-likeness (QED) is 0.718. The van der Waals surface area contributed by atoms with Gasteiger partial charge in [-0.15, -0.1) is 0 Å². The molecule has 0 fully saturated rings. The molecule has 0 spiro atoms. The highest BCUT2D eigenvalue weighted by molar-refractivity contribution is 5.94. The van der Waals surface area contributed by atoms with E-state index in [4.69, 9.17) is 10.5 Å². The summed E-state index contributed by atoms with van der Waals surface area (Å²) in [4.78, 5) is 28.8. The lowest BCUT2D eigenvalue weighted by atomic mass is 10.2. The molecule has 0 saturated carbocycles. The normalized spacial score (nSPS) is 16.6. The van der Waals surface area contributed by atoms with Crippen LogP contribution in [0.3, 0.4) is 0 Å². The van der Waals surface area contributed by atoms with Gasteiger partial charge in [0.15, 0.2) is 5.69 Å². The number of hydrogen-bond acceptors (Lipinski definition) is 6. The van der Waals surface area contributed by atoms with E-state index in [1.165, 1.54) is 28.8 Å². The predicted octanol–water partition coefficient (Wildman–Crippen LogP) is 0.266. The highest BCUT2D eigenvalue weighted by Crippen LogP contribution is 2.15. The van der Waals surface area contributed by atoms with Gasteiger partial charge in [0, 0.05) is 19.6 Å². The van der Waals surface area contributed by atoms with Crippen molar-refractivity contribution in [2.75, 3.05) is 6.54 Å². The van der Waals surface area contributed by atoms with Crippen LogP contribution < -0.4 is 16.6 Å². The fourth-order valence-electron chi connectivity index (χ4n) is 2.69. The van der Waals surface area contributed by atoms with Crippen molar-refractivity contribution in [1.82, 2.24) is 14.9 Å². The van der Waals surface area contributed by atoms with E-state index in [2.05, 4.69) is 10.3 Å². The summed E-state index contributed by atoms with van der Waals surface area (Å²) in [7, 11) is 0. The minimum atomic E-state index is -0.712. The van der Waals surface area contributed by atoms with Crippen molar-refractivity contribution >= 4 is 5.91 Å². The van der Waals surface area contributed by atoms with E-state index in [0.29, 0.717) is 25.1 Å². The molecular weight excluding hydrogens is 343 g/mol. The number of carbonyl (C=O) groups is 1. The van der Waals surface area contributed by atoms with Crippen LogP contribution in [-0.4, -0.2) is 33.2 Å². The van der Waals surface area contributed by atoms with Gasteiger partial charge in [-0.25, -0.2) is 9.37 Å². The number of carbonyl (C=O) groups excluding carboxylic acids is 1. The Labute approximate surface area is 148 Å². The molecule has 1 aromatic heterocycles. The Bertz CT molecular complexity index is 866. The molecular formula is C17H19FN4O4. The summed E-state index contributed by atoms with van der Waals surface area (Å²) in [6, 6.07) is 5.60. The molecule has 138 valence electrons. The van der Waals surface area contributed by atoms with Gasteiger partial charge in [0.25, 0.3) is 11.5 Å². The van der Waals surface area contributed by atoms with E-state index in [1.54, 1.807) is 0 Å². The van der Waals surface area contributed by atoms with Gasteiger partial charge in [-0.2, -0.15) is 0 Å². The van der Waals surface area contributed by atoms with Gasteiger partial charge in [0.2, 0.25) is 5.75 Å². The molecule has 4 N–H and O–H groups in total. The second-order valence-corrected chi connectivity index (χ2v) is 5.95. The van der Waals surface area contributed by atoms with E-state index in [-0.39, 0.29) is 36.6 Å². The third-order valence-electron chi connectivity index (χ3n) is 4.19. The molecule has 3 rings (SSSR count). The fraction of sp³-hybridized carbons (Fsp3) is 0.353. The van der Waals surface area contributed by atoms with Crippen molar-refractivity contribution in [3.8, 4) is 5.75 Å². The number of nitrogens with zero attached hydrogens (tertiary/aromatic N) is 2. The molecule has 9 heteroatoms. The average Bonchev–Trinajstić information content (AvgIpc) is 2.86. The summed E-state index contributed by atoms with van der Waals surface area (Å²) in [6.45, 7) is 0.730. The number of benzene rings is 1. The first-order valence-electron chi connectivity index (χ1n) is 8.16. The number of ether oxygens (including phenoxy) is 1. The van der Waals surface area contributed by atoms with Crippen molar-refractivity contribution < 1.29 is 19.0 Å². The summed E-state index contributed by atoms with van der Waals surface area (Å²) < 4.78 is 19.8. The molecule has 1 aliphatic rings. The Morgan fingerprint density at radius 2 is 2.15 bits per heavy atom. The lowest BCUT2D eigenvalue weighted by Gasteiger charge is -2.11. The molecule has 1 aliphatic heterocycles. The fourth-order valence-corrected chi connectivity index (χ4v) is 2.69. The Morgan fingerprint density at radius 3 is 2.85 bits per heavy atom. The van der Waals surface area contributed by atoms with Crippen LogP contribution in [0, 0.1) is 5.82 Å². The SMILES string of the molecule is NCC1CCn2c(nc(C(=O)NCc3ccc(F)cc3)c(O)c2=O)CO1. The first-order valence-corrected chi connectivity index (χ1v) is 8.16. The molecule has 26 heavy (non-hydrogen) atoms. The summed E-state index contributed by atoms with van der Waals surface area (Å²) in [5, 5.41) is 12.7. The Morgan fingerprint density at radius 1 is 1.42 bits per heavy atom. The maximum absolute atomic E-state index is 12.9. The third-order valence-corrected chi connectivity index (χ3v) is 4.19. The number of hydrogen-bond donors (Lipinski definition) is 3. The van der Waals surface area contributed by atoms with E-state index in [0.717, 1.165) is 0 Å². The minimum absolute atomic E-state index is 0.0234. The minimum Gasteiger partial charge on any atom is -0.501 e. The Hall–Kier alpha value is -2.78. The van der Waals surface area contributed by atoms with Crippen molar-refractivity contribution in [2.45, 2.75) is 32.2 Å². The molecule has 1 unspecified atom stereocenters. The third kappa shape index (κ3) is 3.73. The van der Waals surface area contributed by atoms with E-state index < -0.39 is 17.2 Å². The first kappa shape index (κ1) is 18.0. The molecule has 1 atom stereocenters. The van der Waals surface area contributed by atoms with Crippen LogP contribution >= 0.6 is 0 Å². The Kier molecular flexibility index (Phi) is 5.29. The number of amides is 1. The largest absolute Gasteiger partial charge is 0.501 e. The lowest BCUT2D eigenvalue weighted by Crippen LogP contribution is -2.31. The summed E-state index contributed by atoms with van der Waals surface area (Å²) in [5.41, 5.74) is 5.20. The molecule has 8 nitrogen and oxygen atoms in total. The van der Waals surface area contributed by atoms with Gasteiger partial charge in [-0.05, 0) is 24.1 Å². The number of nitrogens with two attached hydrogens (primary N) is 1. The standard InChI is InChI=1S/C17H19FN4O4/c18-11-3-1-10(2-4-11)8-20-16(24)14-15(23)17(25)22-6-5-12(7-19)26-9-13(22)21-14/h1-4,12,23H,5-9,19H2,(H,20,24). The molecule has 0 radical (unpaired) electrons. The van der Waals surface area contributed by atoms with Gasteiger partial charge in [0.1, 0.15) is 18.2 Å². The number of fused-ring (bicyclic) bond motifs is 1. The monoisotopic (exact) mass is 362 g/mol. The zero-order valence-electron chi connectivity index (χ0n) is 13.9. The van der Waals surface area contributed by atoms with Crippen molar-refractivity contribution in [1.29, 1.82) is 0 Å². The van der Waals surface area contributed by atoms with Crippen LogP contribution in [0.1, 0.15) is 28.3 Å². The second-order valence-electron chi connectivity index (χ2n) is 5.95. The molecule has 1 amide bonds. The zero-order valence-corrected chi connectivity index (χ0v) is 13.9. The molecule has 0 aliphatic carbocycles. The topological polar surface area (TPSA) is 119 Å². The van der Waals surface area contributed by atoms with E-state index in [1.807, 2.05) is 0 Å². The predicted molar refractivity (Wildman–Crippen MR) is 90.0 cm³/mol.